The Kier molecular flexibility index (Phi) is 10.7. The van der Waals surface area contributed by atoms with Crippen LogP contribution in [0.15, 0.2) is 41.4 Å². The Balaban J connectivity index is 0.00000441. The lowest BCUT2D eigenvalue weighted by molar-refractivity contribution is 0.261. The van der Waals surface area contributed by atoms with Gasteiger partial charge in [-0.25, -0.2) is 4.99 Å². The van der Waals surface area contributed by atoms with Gasteiger partial charge in [0.15, 0.2) is 5.96 Å². The van der Waals surface area contributed by atoms with E-state index >= 15 is 0 Å². The van der Waals surface area contributed by atoms with Crippen molar-refractivity contribution in [3.63, 3.8) is 0 Å². The molecule has 0 fully saturated rings. The third kappa shape index (κ3) is 9.62. The summed E-state index contributed by atoms with van der Waals surface area (Å²) in [4.78, 5) is 6.38. The van der Waals surface area contributed by atoms with E-state index in [-0.39, 0.29) is 24.0 Å². The van der Waals surface area contributed by atoms with Crippen LogP contribution in [-0.4, -0.2) is 44.7 Å². The van der Waals surface area contributed by atoms with Crippen LogP contribution in [0.1, 0.15) is 12.5 Å². The predicted molar refractivity (Wildman–Crippen MR) is 104 cm³/mol. The molecule has 1 aromatic rings. The molecule has 0 unspecified atom stereocenters. The molecule has 124 valence electrons. The molecule has 0 aliphatic heterocycles. The standard InChI is InChI=1S/C16H26N4O.HI/c1-13(2)11-18-16(17)19-12-14-6-5-7-15(10-14)21-9-8-20(3)4;/h5-7,10H,1,8-9,11-12H2,2-4H3,(H3,17,18,19);1H. The Morgan fingerprint density at radius 3 is 2.77 bits per heavy atom. The molecular formula is C16H27IN4O. The maximum absolute atomic E-state index is 5.78. The van der Waals surface area contributed by atoms with Crippen LogP contribution in [0, 0.1) is 0 Å². The fraction of sp³-hybridized carbons (Fsp3) is 0.438. The summed E-state index contributed by atoms with van der Waals surface area (Å²) in [6.07, 6.45) is 0. The van der Waals surface area contributed by atoms with Gasteiger partial charge >= 0.3 is 0 Å². The molecule has 0 heterocycles. The Labute approximate surface area is 150 Å². The van der Waals surface area contributed by atoms with E-state index in [1.165, 1.54) is 0 Å². The summed E-state index contributed by atoms with van der Waals surface area (Å²) < 4.78 is 5.69. The van der Waals surface area contributed by atoms with Crippen molar-refractivity contribution in [1.29, 1.82) is 0 Å². The highest BCUT2D eigenvalue weighted by Crippen LogP contribution is 2.14. The summed E-state index contributed by atoms with van der Waals surface area (Å²) >= 11 is 0. The summed E-state index contributed by atoms with van der Waals surface area (Å²) in [5, 5.41) is 3.01. The van der Waals surface area contributed by atoms with E-state index in [0.29, 0.717) is 25.7 Å². The van der Waals surface area contributed by atoms with Crippen LogP contribution in [0.4, 0.5) is 0 Å². The summed E-state index contributed by atoms with van der Waals surface area (Å²) in [6.45, 7) is 8.47. The second kappa shape index (κ2) is 11.3. The number of nitrogens with zero attached hydrogens (tertiary/aromatic N) is 2. The second-order valence-electron chi connectivity index (χ2n) is 5.31. The Hall–Kier alpha value is -1.28. The van der Waals surface area contributed by atoms with Crippen LogP contribution < -0.4 is 15.8 Å². The molecule has 6 heteroatoms. The first-order chi connectivity index (χ1) is 9.97. The number of guanidine groups is 1. The van der Waals surface area contributed by atoms with Crippen molar-refractivity contribution in [1.82, 2.24) is 10.2 Å². The number of nitrogens with one attached hydrogen (secondary N) is 1. The molecule has 1 aromatic carbocycles. The molecule has 0 radical (unpaired) electrons. The Bertz CT molecular complexity index is 489. The largest absolute Gasteiger partial charge is 0.492 e. The van der Waals surface area contributed by atoms with Crippen molar-refractivity contribution in [2.75, 3.05) is 33.8 Å². The maximum Gasteiger partial charge on any atom is 0.189 e. The Morgan fingerprint density at radius 1 is 1.41 bits per heavy atom. The normalized spacial score (nSPS) is 11.0. The van der Waals surface area contributed by atoms with Crippen LogP contribution in [0.2, 0.25) is 0 Å². The fourth-order valence-electron chi connectivity index (χ4n) is 1.55. The van der Waals surface area contributed by atoms with Gasteiger partial charge in [0.2, 0.25) is 0 Å². The summed E-state index contributed by atoms with van der Waals surface area (Å²) in [5.74, 6) is 1.29. The third-order valence-electron chi connectivity index (χ3n) is 2.71. The number of aliphatic imine (C=N–C) groups is 1. The Morgan fingerprint density at radius 2 is 2.14 bits per heavy atom. The minimum Gasteiger partial charge on any atom is -0.492 e. The van der Waals surface area contributed by atoms with Gasteiger partial charge in [-0.3, -0.25) is 0 Å². The van der Waals surface area contributed by atoms with Gasteiger partial charge in [0.05, 0.1) is 6.54 Å². The molecule has 0 aliphatic rings. The topological polar surface area (TPSA) is 62.9 Å². The summed E-state index contributed by atoms with van der Waals surface area (Å²) in [6, 6.07) is 7.92. The molecule has 0 bridgehead atoms. The van der Waals surface area contributed by atoms with Crippen molar-refractivity contribution in [2.45, 2.75) is 13.5 Å². The molecule has 0 saturated carbocycles. The van der Waals surface area contributed by atoms with Gasteiger partial charge in [0.1, 0.15) is 12.4 Å². The van der Waals surface area contributed by atoms with Gasteiger partial charge in [-0.15, -0.1) is 24.0 Å². The zero-order valence-electron chi connectivity index (χ0n) is 13.6. The van der Waals surface area contributed by atoms with E-state index in [1.54, 1.807) is 0 Å². The number of halogens is 1. The van der Waals surface area contributed by atoms with E-state index < -0.39 is 0 Å². The van der Waals surface area contributed by atoms with Crippen LogP contribution >= 0.6 is 24.0 Å². The highest BCUT2D eigenvalue weighted by molar-refractivity contribution is 14.0. The van der Waals surface area contributed by atoms with Crippen LogP contribution in [-0.2, 0) is 6.54 Å². The van der Waals surface area contributed by atoms with Crippen molar-refractivity contribution >= 4 is 29.9 Å². The van der Waals surface area contributed by atoms with E-state index in [2.05, 4.69) is 21.8 Å². The molecular weight excluding hydrogens is 391 g/mol. The highest BCUT2D eigenvalue weighted by Gasteiger charge is 1.98. The molecule has 0 aromatic heterocycles. The van der Waals surface area contributed by atoms with Crippen molar-refractivity contribution in [2.24, 2.45) is 10.7 Å². The molecule has 0 atom stereocenters. The molecule has 0 saturated heterocycles. The lowest BCUT2D eigenvalue weighted by Gasteiger charge is -2.11. The van der Waals surface area contributed by atoms with Crippen LogP contribution in [0.3, 0.4) is 0 Å². The highest BCUT2D eigenvalue weighted by atomic mass is 127. The van der Waals surface area contributed by atoms with Crippen molar-refractivity contribution in [3.05, 3.63) is 42.0 Å². The number of hydrogen-bond donors (Lipinski definition) is 2. The molecule has 22 heavy (non-hydrogen) atoms. The fourth-order valence-corrected chi connectivity index (χ4v) is 1.55. The zero-order valence-corrected chi connectivity index (χ0v) is 16.0. The molecule has 0 aliphatic carbocycles. The van der Waals surface area contributed by atoms with E-state index in [4.69, 9.17) is 10.5 Å². The van der Waals surface area contributed by atoms with Gasteiger partial charge in [0.25, 0.3) is 0 Å². The SMILES string of the molecule is C=C(C)CNC(N)=NCc1cccc(OCCN(C)C)c1.I. The zero-order chi connectivity index (χ0) is 15.7. The predicted octanol–water partition coefficient (Wildman–Crippen LogP) is 2.23. The molecule has 3 N–H and O–H groups in total. The molecule has 1 rings (SSSR count). The van der Waals surface area contributed by atoms with Gasteiger partial charge in [-0.05, 0) is 38.7 Å². The van der Waals surface area contributed by atoms with E-state index in [0.717, 1.165) is 23.4 Å². The quantitative estimate of drug-likeness (QED) is 0.294. The minimum atomic E-state index is 0. The average Bonchev–Trinajstić information content (AvgIpc) is 2.43. The first-order valence-electron chi connectivity index (χ1n) is 7.02. The number of likely N-dealkylation sites (N-methyl/N-ethyl adjacent to an activating group) is 1. The smallest absolute Gasteiger partial charge is 0.189 e. The van der Waals surface area contributed by atoms with Gasteiger partial charge in [-0.2, -0.15) is 0 Å². The van der Waals surface area contributed by atoms with E-state index in [1.807, 2.05) is 45.3 Å². The molecule has 0 amide bonds. The molecule has 0 spiro atoms. The van der Waals surface area contributed by atoms with Crippen molar-refractivity contribution < 1.29 is 4.74 Å². The number of ether oxygens (including phenoxy) is 1. The van der Waals surface area contributed by atoms with Gasteiger partial charge in [-0.1, -0.05) is 24.3 Å². The van der Waals surface area contributed by atoms with Crippen molar-refractivity contribution in [3.8, 4) is 5.75 Å². The lowest BCUT2D eigenvalue weighted by Crippen LogP contribution is -2.32. The molecule has 5 nitrogen and oxygen atoms in total. The van der Waals surface area contributed by atoms with E-state index in [9.17, 15) is 0 Å². The minimum absolute atomic E-state index is 0. The monoisotopic (exact) mass is 418 g/mol. The second-order valence-corrected chi connectivity index (χ2v) is 5.31. The third-order valence-corrected chi connectivity index (χ3v) is 2.71. The lowest BCUT2D eigenvalue weighted by atomic mass is 10.2. The maximum atomic E-state index is 5.78. The number of benzene rings is 1. The number of nitrogens with two attached hydrogens (primary N) is 1. The first kappa shape index (κ1) is 20.7. The average molecular weight is 418 g/mol. The first-order valence-corrected chi connectivity index (χ1v) is 7.02. The summed E-state index contributed by atoms with van der Waals surface area (Å²) in [7, 11) is 4.05. The van der Waals surface area contributed by atoms with Crippen LogP contribution in [0.25, 0.3) is 0 Å². The van der Waals surface area contributed by atoms with Gasteiger partial charge < -0.3 is 20.7 Å². The van der Waals surface area contributed by atoms with Gasteiger partial charge in [0, 0.05) is 13.1 Å². The summed E-state index contributed by atoms with van der Waals surface area (Å²) in [5.41, 5.74) is 7.87. The number of hydrogen-bond acceptors (Lipinski definition) is 3. The van der Waals surface area contributed by atoms with Crippen LogP contribution in [0.5, 0.6) is 5.75 Å². The number of rotatable bonds is 8.